The fourth-order valence-electron chi connectivity index (χ4n) is 3.58. The second kappa shape index (κ2) is 7.75. The summed E-state index contributed by atoms with van der Waals surface area (Å²) in [4.78, 5) is 17.6. The Balaban J connectivity index is 1.81. The Labute approximate surface area is 197 Å². The number of hydrogen-bond donors (Lipinski definition) is 2. The average Bonchev–Trinajstić information content (AvgIpc) is 3.24. The van der Waals surface area contributed by atoms with E-state index in [1.807, 2.05) is 0 Å². The van der Waals surface area contributed by atoms with Crippen LogP contribution in [0, 0.1) is 0 Å². The van der Waals surface area contributed by atoms with Gasteiger partial charge in [-0.1, -0.05) is 53.8 Å². The summed E-state index contributed by atoms with van der Waals surface area (Å²) in [7, 11) is -7.90. The second-order valence-electron chi connectivity index (χ2n) is 7.54. The molecule has 0 saturated carbocycles. The van der Waals surface area contributed by atoms with Crippen LogP contribution in [0.25, 0.3) is 10.3 Å². The number of aromatic nitrogens is 2. The number of fused-ring (bicyclic) bond motifs is 2. The molecule has 0 aliphatic carbocycles. The molecule has 5 rings (SSSR count). The lowest BCUT2D eigenvalue weighted by Crippen LogP contribution is -2.32. The molecule has 0 saturated heterocycles. The third-order valence-electron chi connectivity index (χ3n) is 5.12. The molecule has 13 heteroatoms. The van der Waals surface area contributed by atoms with Crippen molar-refractivity contribution >= 4 is 53.1 Å². The van der Waals surface area contributed by atoms with Crippen LogP contribution < -0.4 is 10.9 Å². The summed E-state index contributed by atoms with van der Waals surface area (Å²) >= 11 is 0.687. The van der Waals surface area contributed by atoms with Crippen molar-refractivity contribution in [1.29, 1.82) is 0 Å². The summed E-state index contributed by atoms with van der Waals surface area (Å²) in [5.74, 6) is -0.961. The van der Waals surface area contributed by atoms with Gasteiger partial charge in [-0.2, -0.15) is 8.42 Å². The number of sulfone groups is 1. The van der Waals surface area contributed by atoms with E-state index in [1.165, 1.54) is 16.7 Å². The normalized spacial score (nSPS) is 14.9. The van der Waals surface area contributed by atoms with E-state index in [1.54, 1.807) is 42.5 Å². The fraction of sp³-hybridized carbons (Fsp3) is 0.0952. The lowest BCUT2D eigenvalue weighted by atomic mass is 10.1. The third-order valence-corrected chi connectivity index (χ3v) is 9.19. The van der Waals surface area contributed by atoms with Gasteiger partial charge in [0, 0.05) is 6.26 Å². The lowest BCUT2D eigenvalue weighted by molar-refractivity contribution is 0.478. The Morgan fingerprint density at radius 3 is 2.47 bits per heavy atom. The number of sulfonamides is 1. The first-order valence-corrected chi connectivity index (χ1v) is 13.9. The van der Waals surface area contributed by atoms with Gasteiger partial charge in [0.15, 0.2) is 17.2 Å². The Morgan fingerprint density at radius 1 is 1.09 bits per heavy atom. The number of rotatable bonds is 4. The average molecular weight is 517 g/mol. The van der Waals surface area contributed by atoms with E-state index in [4.69, 9.17) is 0 Å². The molecule has 0 spiro atoms. The van der Waals surface area contributed by atoms with E-state index in [0.717, 1.165) is 6.26 Å². The predicted octanol–water partition coefficient (Wildman–Crippen LogP) is 2.18. The molecule has 0 unspecified atom stereocenters. The van der Waals surface area contributed by atoms with Gasteiger partial charge in [0.1, 0.15) is 15.2 Å². The van der Waals surface area contributed by atoms with Gasteiger partial charge in [-0.15, -0.1) is 4.40 Å². The topological polar surface area (TPSA) is 148 Å². The molecule has 3 heterocycles. The van der Waals surface area contributed by atoms with Crippen LogP contribution in [0.4, 0.5) is 5.69 Å². The molecule has 2 aromatic heterocycles. The van der Waals surface area contributed by atoms with Crippen LogP contribution in [-0.2, 0) is 26.4 Å². The summed E-state index contributed by atoms with van der Waals surface area (Å²) < 4.78 is 54.4. The van der Waals surface area contributed by atoms with Crippen molar-refractivity contribution in [1.82, 2.24) is 9.55 Å². The molecular weight excluding hydrogens is 500 g/mol. The second-order valence-corrected chi connectivity index (χ2v) is 12.3. The Bertz CT molecular complexity index is 1770. The number of anilines is 1. The summed E-state index contributed by atoms with van der Waals surface area (Å²) in [6.07, 6.45) is 0.971. The molecule has 2 aromatic carbocycles. The van der Waals surface area contributed by atoms with Gasteiger partial charge in [0.2, 0.25) is 14.2 Å². The third kappa shape index (κ3) is 3.67. The number of nitrogens with one attached hydrogen (secondary N) is 1. The van der Waals surface area contributed by atoms with E-state index >= 15 is 0 Å². The zero-order valence-electron chi connectivity index (χ0n) is 17.5. The highest BCUT2D eigenvalue weighted by atomic mass is 32.2. The zero-order chi connectivity index (χ0) is 24.3. The fourth-order valence-corrected chi connectivity index (χ4v) is 6.57. The number of aromatic hydroxyl groups is 1. The van der Waals surface area contributed by atoms with E-state index in [0.29, 0.717) is 16.9 Å². The smallest absolute Gasteiger partial charge is 0.286 e. The molecule has 34 heavy (non-hydrogen) atoms. The maximum atomic E-state index is 13.6. The highest BCUT2D eigenvalue weighted by Gasteiger charge is 2.31. The monoisotopic (exact) mass is 516 g/mol. The van der Waals surface area contributed by atoms with Crippen LogP contribution in [0.3, 0.4) is 0 Å². The van der Waals surface area contributed by atoms with Crippen molar-refractivity contribution < 1.29 is 21.9 Å². The summed E-state index contributed by atoms with van der Waals surface area (Å²) in [5, 5.41) is 13.8. The SMILES string of the molecule is CS(=O)(=O)c1nc2c(s1)c(O)c(C1=NS(=O)(=O)c3ccccc3N1)c(=O)n2Cc1ccccc1. The van der Waals surface area contributed by atoms with Gasteiger partial charge in [0.25, 0.3) is 15.6 Å². The van der Waals surface area contributed by atoms with Gasteiger partial charge in [0.05, 0.1) is 12.2 Å². The van der Waals surface area contributed by atoms with Gasteiger partial charge in [-0.25, -0.2) is 13.4 Å². The van der Waals surface area contributed by atoms with Crippen molar-refractivity contribution in [3.63, 3.8) is 0 Å². The molecule has 0 fully saturated rings. The Hall–Kier alpha value is -3.55. The number of nitrogens with zero attached hydrogens (tertiary/aromatic N) is 3. The minimum absolute atomic E-state index is 0.00695. The van der Waals surface area contributed by atoms with Gasteiger partial charge < -0.3 is 10.4 Å². The highest BCUT2D eigenvalue weighted by molar-refractivity contribution is 7.92. The van der Waals surface area contributed by atoms with Crippen molar-refractivity contribution in [2.24, 2.45) is 4.40 Å². The molecule has 174 valence electrons. The molecule has 0 bridgehead atoms. The molecule has 1 aliphatic rings. The van der Waals surface area contributed by atoms with E-state index < -0.39 is 36.7 Å². The van der Waals surface area contributed by atoms with Gasteiger partial charge >= 0.3 is 0 Å². The molecule has 0 atom stereocenters. The first-order chi connectivity index (χ1) is 16.1. The number of thiazole rings is 1. The maximum Gasteiger partial charge on any atom is 0.286 e. The van der Waals surface area contributed by atoms with Crippen molar-refractivity contribution in [2.75, 3.05) is 11.6 Å². The number of hydrogen-bond acceptors (Lipinski definition) is 9. The number of pyridine rings is 1. The summed E-state index contributed by atoms with van der Waals surface area (Å²) in [6, 6.07) is 14.9. The van der Waals surface area contributed by atoms with Crippen LogP contribution in [0.15, 0.2) is 73.0 Å². The molecular formula is C21H16N4O6S3. The van der Waals surface area contributed by atoms with E-state index in [2.05, 4.69) is 14.7 Å². The molecule has 0 amide bonds. The molecule has 0 radical (unpaired) electrons. The minimum Gasteiger partial charge on any atom is -0.505 e. The largest absolute Gasteiger partial charge is 0.505 e. The molecule has 10 nitrogen and oxygen atoms in total. The Kier molecular flexibility index (Phi) is 5.07. The summed E-state index contributed by atoms with van der Waals surface area (Å²) in [5.41, 5.74) is -0.291. The van der Waals surface area contributed by atoms with Crippen LogP contribution in [0.2, 0.25) is 0 Å². The number of amidine groups is 1. The van der Waals surface area contributed by atoms with Gasteiger partial charge in [-0.05, 0) is 17.7 Å². The lowest BCUT2D eigenvalue weighted by Gasteiger charge is -2.19. The van der Waals surface area contributed by atoms with Crippen molar-refractivity contribution in [2.45, 2.75) is 15.8 Å². The molecule has 4 aromatic rings. The quantitative estimate of drug-likeness (QED) is 0.419. The standard InChI is InChI=1S/C21H16N4O6S3/c1-33(28,29)21-23-19-17(32-21)16(26)15(20(27)25(19)11-12-7-3-2-4-8-12)18-22-13-9-5-6-10-14(13)34(30,31)24-18/h2-10,26H,11H2,1H3,(H,22,24). The van der Waals surface area contributed by atoms with Crippen LogP contribution in [0.5, 0.6) is 5.75 Å². The van der Waals surface area contributed by atoms with E-state index in [9.17, 15) is 26.7 Å². The number of para-hydroxylation sites is 1. The highest BCUT2D eigenvalue weighted by Crippen LogP contribution is 2.36. The molecule has 2 N–H and O–H groups in total. The molecule has 1 aliphatic heterocycles. The maximum absolute atomic E-state index is 13.6. The first-order valence-electron chi connectivity index (χ1n) is 9.78. The number of benzene rings is 2. The predicted molar refractivity (Wildman–Crippen MR) is 128 cm³/mol. The van der Waals surface area contributed by atoms with Gasteiger partial charge in [-0.3, -0.25) is 9.36 Å². The van der Waals surface area contributed by atoms with Crippen LogP contribution in [0.1, 0.15) is 11.1 Å². The van der Waals surface area contributed by atoms with Crippen LogP contribution in [-0.4, -0.2) is 43.6 Å². The minimum atomic E-state index is -4.16. The van der Waals surface area contributed by atoms with E-state index in [-0.39, 0.29) is 37.6 Å². The van der Waals surface area contributed by atoms with Crippen molar-refractivity contribution in [3.05, 3.63) is 76.1 Å². The van der Waals surface area contributed by atoms with Crippen LogP contribution >= 0.6 is 11.3 Å². The first kappa shape index (κ1) is 22.3. The zero-order valence-corrected chi connectivity index (χ0v) is 19.9. The van der Waals surface area contributed by atoms with Crippen molar-refractivity contribution in [3.8, 4) is 5.75 Å². The summed E-state index contributed by atoms with van der Waals surface area (Å²) in [6.45, 7) is 0.00695. The Morgan fingerprint density at radius 2 is 1.76 bits per heavy atom.